The number of aryl methyl sites for hydroxylation is 1. The Morgan fingerprint density at radius 2 is 1.78 bits per heavy atom. The first-order chi connectivity index (χ1) is 17.4. The third-order valence-corrected chi connectivity index (χ3v) is 6.52. The standard InChI is InChI=1S/C28H33NO7/c1-5-34-21-11-10-19(14-17(21)3)26(30)24-25(18-9-12-22(35-6-2)23(15-18)33-4)29(28(32)27(24)31)16-20-8-7-13-36-20/h9-12,14-15,20,25,30H,5-8,13,16H2,1-4H3/b26-24-. The van der Waals surface area contributed by atoms with Crippen LogP contribution in [0.4, 0.5) is 0 Å². The number of ketones is 1. The molecule has 1 N–H and O–H groups in total. The number of amides is 1. The van der Waals surface area contributed by atoms with Gasteiger partial charge in [0.05, 0.1) is 38.0 Å². The summed E-state index contributed by atoms with van der Waals surface area (Å²) in [6, 6.07) is 9.70. The maximum atomic E-state index is 13.3. The number of hydrogen-bond donors (Lipinski definition) is 1. The van der Waals surface area contributed by atoms with Crippen LogP contribution in [0, 0.1) is 6.92 Å². The predicted molar refractivity (Wildman–Crippen MR) is 134 cm³/mol. The highest BCUT2D eigenvalue weighted by atomic mass is 16.5. The van der Waals surface area contributed by atoms with Crippen LogP contribution in [0.15, 0.2) is 42.0 Å². The molecule has 8 nitrogen and oxygen atoms in total. The topological polar surface area (TPSA) is 94.5 Å². The van der Waals surface area contributed by atoms with Crippen LogP contribution in [0.25, 0.3) is 5.76 Å². The molecule has 2 aliphatic rings. The Morgan fingerprint density at radius 1 is 1.06 bits per heavy atom. The summed E-state index contributed by atoms with van der Waals surface area (Å²) in [7, 11) is 1.54. The molecule has 2 fully saturated rings. The van der Waals surface area contributed by atoms with Gasteiger partial charge < -0.3 is 29.0 Å². The lowest BCUT2D eigenvalue weighted by molar-refractivity contribution is -0.140. The van der Waals surface area contributed by atoms with Gasteiger partial charge in [0.15, 0.2) is 11.5 Å². The Hall–Kier alpha value is -3.52. The second kappa shape index (κ2) is 11.0. The predicted octanol–water partition coefficient (Wildman–Crippen LogP) is 4.40. The fraction of sp³-hybridized carbons (Fsp3) is 0.429. The van der Waals surface area contributed by atoms with Crippen LogP contribution in [0.2, 0.25) is 0 Å². The number of likely N-dealkylation sites (tertiary alicyclic amines) is 1. The highest BCUT2D eigenvalue weighted by molar-refractivity contribution is 6.46. The van der Waals surface area contributed by atoms with Gasteiger partial charge in [-0.05, 0) is 75.1 Å². The summed E-state index contributed by atoms with van der Waals surface area (Å²) in [5.41, 5.74) is 1.92. The van der Waals surface area contributed by atoms with Crippen molar-refractivity contribution in [2.75, 3.05) is 33.5 Å². The largest absolute Gasteiger partial charge is 0.507 e. The normalized spacial score (nSPS) is 21.2. The van der Waals surface area contributed by atoms with E-state index in [4.69, 9.17) is 18.9 Å². The Morgan fingerprint density at radius 3 is 2.42 bits per heavy atom. The van der Waals surface area contributed by atoms with E-state index in [0.717, 1.165) is 18.4 Å². The molecule has 0 spiro atoms. The van der Waals surface area contributed by atoms with Gasteiger partial charge in [-0.3, -0.25) is 9.59 Å². The van der Waals surface area contributed by atoms with Gasteiger partial charge >= 0.3 is 0 Å². The van der Waals surface area contributed by atoms with Crippen LogP contribution in [0.3, 0.4) is 0 Å². The number of hydrogen-bond acceptors (Lipinski definition) is 7. The monoisotopic (exact) mass is 495 g/mol. The molecule has 8 heteroatoms. The molecule has 2 atom stereocenters. The van der Waals surface area contributed by atoms with E-state index < -0.39 is 17.7 Å². The molecule has 2 unspecified atom stereocenters. The van der Waals surface area contributed by atoms with Gasteiger partial charge in [0.1, 0.15) is 11.5 Å². The summed E-state index contributed by atoms with van der Waals surface area (Å²) in [6.45, 7) is 7.50. The molecule has 0 bridgehead atoms. The maximum absolute atomic E-state index is 13.3. The second-order valence-corrected chi connectivity index (χ2v) is 8.84. The van der Waals surface area contributed by atoms with Crippen molar-refractivity contribution in [2.45, 2.75) is 45.8 Å². The maximum Gasteiger partial charge on any atom is 0.295 e. The second-order valence-electron chi connectivity index (χ2n) is 8.84. The van der Waals surface area contributed by atoms with E-state index >= 15 is 0 Å². The minimum absolute atomic E-state index is 0.0350. The van der Waals surface area contributed by atoms with E-state index in [0.29, 0.717) is 48.2 Å². The number of carbonyl (C=O) groups is 2. The highest BCUT2D eigenvalue weighted by Crippen LogP contribution is 2.42. The number of benzene rings is 2. The first kappa shape index (κ1) is 25.6. The van der Waals surface area contributed by atoms with Crippen LogP contribution in [-0.4, -0.2) is 61.3 Å². The van der Waals surface area contributed by atoms with E-state index in [1.807, 2.05) is 20.8 Å². The van der Waals surface area contributed by atoms with Crippen LogP contribution in [0.1, 0.15) is 49.4 Å². The van der Waals surface area contributed by atoms with Crippen molar-refractivity contribution >= 4 is 17.4 Å². The van der Waals surface area contributed by atoms with Crippen LogP contribution in [-0.2, 0) is 14.3 Å². The van der Waals surface area contributed by atoms with Gasteiger partial charge in [-0.25, -0.2) is 0 Å². The number of Topliss-reactive ketones (excluding diaryl/α,β-unsaturated/α-hetero) is 1. The van der Waals surface area contributed by atoms with Crippen molar-refractivity contribution in [3.8, 4) is 17.2 Å². The summed E-state index contributed by atoms with van der Waals surface area (Å²) in [4.78, 5) is 28.1. The molecule has 0 saturated carbocycles. The summed E-state index contributed by atoms with van der Waals surface area (Å²) >= 11 is 0. The van der Waals surface area contributed by atoms with Gasteiger partial charge in [-0.15, -0.1) is 0 Å². The molecule has 2 aromatic carbocycles. The number of rotatable bonds is 9. The quantitative estimate of drug-likeness (QED) is 0.313. The summed E-state index contributed by atoms with van der Waals surface area (Å²) in [5, 5.41) is 11.4. The lowest BCUT2D eigenvalue weighted by atomic mass is 9.94. The van der Waals surface area contributed by atoms with E-state index in [9.17, 15) is 14.7 Å². The zero-order valence-electron chi connectivity index (χ0n) is 21.2. The molecule has 2 heterocycles. The molecule has 0 radical (unpaired) electrons. The smallest absolute Gasteiger partial charge is 0.295 e. The molecular formula is C28H33NO7. The molecule has 2 aromatic rings. The van der Waals surface area contributed by atoms with Gasteiger partial charge in [0.2, 0.25) is 0 Å². The molecule has 0 aromatic heterocycles. The number of nitrogens with zero attached hydrogens (tertiary/aromatic N) is 1. The highest BCUT2D eigenvalue weighted by Gasteiger charge is 2.47. The van der Waals surface area contributed by atoms with Crippen molar-refractivity contribution < 1.29 is 33.6 Å². The van der Waals surface area contributed by atoms with Crippen molar-refractivity contribution in [2.24, 2.45) is 0 Å². The SMILES string of the molecule is CCOc1ccc(/C(O)=C2/C(=O)C(=O)N(CC3CCCO3)C2c2ccc(OCC)c(OC)c2)cc1C. The number of aliphatic hydroxyl groups excluding tert-OH is 1. The average molecular weight is 496 g/mol. The number of methoxy groups -OCH3 is 1. The third kappa shape index (κ3) is 4.91. The van der Waals surface area contributed by atoms with Gasteiger partial charge in [-0.2, -0.15) is 0 Å². The first-order valence-corrected chi connectivity index (χ1v) is 12.3. The Labute approximate surface area is 211 Å². The Kier molecular flexibility index (Phi) is 7.84. The first-order valence-electron chi connectivity index (χ1n) is 12.3. The number of ether oxygens (including phenoxy) is 4. The van der Waals surface area contributed by atoms with E-state index in [-0.39, 0.29) is 24.0 Å². The van der Waals surface area contributed by atoms with Crippen molar-refractivity contribution in [3.63, 3.8) is 0 Å². The number of carbonyl (C=O) groups excluding carboxylic acids is 2. The molecule has 0 aliphatic carbocycles. The Bertz CT molecular complexity index is 1170. The van der Waals surface area contributed by atoms with E-state index in [2.05, 4.69) is 0 Å². The van der Waals surface area contributed by atoms with Crippen molar-refractivity contribution in [1.29, 1.82) is 0 Å². The molecule has 192 valence electrons. The molecular weight excluding hydrogens is 462 g/mol. The third-order valence-electron chi connectivity index (χ3n) is 6.52. The minimum atomic E-state index is -0.800. The van der Waals surface area contributed by atoms with E-state index in [1.165, 1.54) is 12.0 Å². The van der Waals surface area contributed by atoms with E-state index in [1.54, 1.807) is 36.4 Å². The molecule has 4 rings (SSSR count). The van der Waals surface area contributed by atoms with Crippen LogP contribution < -0.4 is 14.2 Å². The molecule has 2 saturated heterocycles. The lowest BCUT2D eigenvalue weighted by Crippen LogP contribution is -2.36. The minimum Gasteiger partial charge on any atom is -0.507 e. The van der Waals surface area contributed by atoms with Gasteiger partial charge in [-0.1, -0.05) is 6.07 Å². The Balaban J connectivity index is 1.83. The van der Waals surface area contributed by atoms with Crippen molar-refractivity contribution in [3.05, 3.63) is 58.7 Å². The lowest BCUT2D eigenvalue weighted by Gasteiger charge is -2.28. The number of aliphatic hydroxyl groups is 1. The average Bonchev–Trinajstić information content (AvgIpc) is 3.48. The summed E-state index contributed by atoms with van der Waals surface area (Å²) < 4.78 is 22.5. The fourth-order valence-electron chi connectivity index (χ4n) is 4.82. The summed E-state index contributed by atoms with van der Waals surface area (Å²) in [6.07, 6.45) is 1.55. The van der Waals surface area contributed by atoms with Gasteiger partial charge in [0, 0.05) is 18.7 Å². The molecule has 1 amide bonds. The molecule has 2 aliphatic heterocycles. The van der Waals surface area contributed by atoms with Crippen LogP contribution in [0.5, 0.6) is 17.2 Å². The zero-order chi connectivity index (χ0) is 25.8. The summed E-state index contributed by atoms with van der Waals surface area (Å²) in [5.74, 6) is 0.117. The molecule has 36 heavy (non-hydrogen) atoms. The zero-order valence-corrected chi connectivity index (χ0v) is 21.2. The fourth-order valence-corrected chi connectivity index (χ4v) is 4.82. The van der Waals surface area contributed by atoms with Gasteiger partial charge in [0.25, 0.3) is 11.7 Å². The van der Waals surface area contributed by atoms with Crippen LogP contribution >= 0.6 is 0 Å². The van der Waals surface area contributed by atoms with Crippen molar-refractivity contribution in [1.82, 2.24) is 4.90 Å².